The smallest absolute Gasteiger partial charge is 0.0701 e. The average Bonchev–Trinajstić information content (AvgIpc) is 2.31. The third kappa shape index (κ3) is 13.8. The van der Waals surface area contributed by atoms with Crippen molar-refractivity contribution in [2.24, 2.45) is 0 Å². The molecule has 0 heterocycles. The first kappa shape index (κ1) is 15.8. The summed E-state index contributed by atoms with van der Waals surface area (Å²) in [5, 5.41) is 0. The van der Waals surface area contributed by atoms with E-state index < -0.39 is 0 Å². The Bertz CT molecular complexity index is 168. The standard InChI is InChI=1S/C12H22O3S/c1-3-4-5-11-16-12-10-15-9-8-14-7-6-13-2/h1H,4-12H2,2H3. The molecule has 0 rings (SSSR count). The Morgan fingerprint density at radius 1 is 1.00 bits per heavy atom. The molecule has 0 aromatic carbocycles. The molecule has 16 heavy (non-hydrogen) atoms. The third-order valence-electron chi connectivity index (χ3n) is 1.79. The van der Waals surface area contributed by atoms with E-state index in [1.807, 2.05) is 11.8 Å². The van der Waals surface area contributed by atoms with Crippen molar-refractivity contribution in [3.8, 4) is 12.3 Å². The van der Waals surface area contributed by atoms with Gasteiger partial charge in [-0.25, -0.2) is 0 Å². The molecule has 0 fully saturated rings. The summed E-state index contributed by atoms with van der Waals surface area (Å²) in [4.78, 5) is 0. The summed E-state index contributed by atoms with van der Waals surface area (Å²) < 4.78 is 15.5. The summed E-state index contributed by atoms with van der Waals surface area (Å²) in [5.74, 6) is 4.79. The Morgan fingerprint density at radius 2 is 1.69 bits per heavy atom. The van der Waals surface area contributed by atoms with Gasteiger partial charge in [-0.1, -0.05) is 0 Å². The SMILES string of the molecule is C#CCCCSCCOCCOCCOC. The Morgan fingerprint density at radius 3 is 2.38 bits per heavy atom. The van der Waals surface area contributed by atoms with E-state index in [0.29, 0.717) is 26.4 Å². The molecule has 0 aliphatic heterocycles. The van der Waals surface area contributed by atoms with Gasteiger partial charge in [0.1, 0.15) is 0 Å². The van der Waals surface area contributed by atoms with Crippen molar-refractivity contribution >= 4 is 11.8 Å². The molecular weight excluding hydrogens is 224 g/mol. The van der Waals surface area contributed by atoms with Gasteiger partial charge in [-0.05, 0) is 12.2 Å². The maximum Gasteiger partial charge on any atom is 0.0701 e. The molecule has 0 aromatic rings. The zero-order valence-electron chi connectivity index (χ0n) is 10.1. The molecule has 0 bridgehead atoms. The molecule has 0 aliphatic rings. The van der Waals surface area contributed by atoms with Crippen LogP contribution >= 0.6 is 11.8 Å². The highest BCUT2D eigenvalue weighted by Crippen LogP contribution is 2.03. The Balaban J connectivity index is 2.86. The molecule has 0 N–H and O–H groups in total. The van der Waals surface area contributed by atoms with Crippen LogP contribution in [-0.2, 0) is 14.2 Å². The lowest BCUT2D eigenvalue weighted by atomic mass is 10.4. The average molecular weight is 246 g/mol. The fraction of sp³-hybridized carbons (Fsp3) is 0.833. The molecule has 0 aliphatic carbocycles. The second-order valence-electron chi connectivity index (χ2n) is 3.14. The third-order valence-corrected chi connectivity index (χ3v) is 2.82. The first-order valence-corrected chi connectivity index (χ1v) is 6.73. The Labute approximate surface area is 103 Å². The number of thioether (sulfide) groups is 1. The molecule has 0 unspecified atom stereocenters. The van der Waals surface area contributed by atoms with Crippen molar-refractivity contribution in [2.45, 2.75) is 12.8 Å². The number of hydrogen-bond acceptors (Lipinski definition) is 4. The summed E-state index contributed by atoms with van der Waals surface area (Å²) in [6.45, 7) is 3.37. The fourth-order valence-electron chi connectivity index (χ4n) is 0.960. The van der Waals surface area contributed by atoms with Crippen molar-refractivity contribution in [3.63, 3.8) is 0 Å². The van der Waals surface area contributed by atoms with Crippen LogP contribution < -0.4 is 0 Å². The summed E-state index contributed by atoms with van der Waals surface area (Å²) >= 11 is 1.88. The fourth-order valence-corrected chi connectivity index (χ4v) is 1.75. The lowest BCUT2D eigenvalue weighted by molar-refractivity contribution is 0.0286. The van der Waals surface area contributed by atoms with E-state index in [2.05, 4.69) is 5.92 Å². The highest BCUT2D eigenvalue weighted by Gasteiger charge is 1.91. The van der Waals surface area contributed by atoms with Gasteiger partial charge in [0.15, 0.2) is 0 Å². The van der Waals surface area contributed by atoms with Gasteiger partial charge < -0.3 is 14.2 Å². The molecule has 3 nitrogen and oxygen atoms in total. The van der Waals surface area contributed by atoms with E-state index in [4.69, 9.17) is 20.6 Å². The van der Waals surface area contributed by atoms with Crippen LogP contribution in [0.15, 0.2) is 0 Å². The van der Waals surface area contributed by atoms with E-state index in [-0.39, 0.29) is 0 Å². The zero-order chi connectivity index (χ0) is 11.9. The number of methoxy groups -OCH3 is 1. The number of ether oxygens (including phenoxy) is 3. The minimum atomic E-state index is 0.640. The van der Waals surface area contributed by atoms with E-state index in [1.54, 1.807) is 7.11 Å². The van der Waals surface area contributed by atoms with Crippen LogP contribution in [0.3, 0.4) is 0 Å². The van der Waals surface area contributed by atoms with Gasteiger partial charge in [-0.15, -0.1) is 12.3 Å². The second-order valence-corrected chi connectivity index (χ2v) is 4.36. The van der Waals surface area contributed by atoms with E-state index in [1.165, 1.54) is 0 Å². The largest absolute Gasteiger partial charge is 0.382 e. The number of terminal acetylenes is 1. The van der Waals surface area contributed by atoms with Gasteiger partial charge >= 0.3 is 0 Å². The molecule has 0 saturated heterocycles. The van der Waals surface area contributed by atoms with Crippen LogP contribution in [0.4, 0.5) is 0 Å². The van der Waals surface area contributed by atoms with Crippen molar-refractivity contribution in [1.82, 2.24) is 0 Å². The van der Waals surface area contributed by atoms with E-state index in [0.717, 1.165) is 31.0 Å². The molecule has 0 radical (unpaired) electrons. The second kappa shape index (κ2) is 14.8. The highest BCUT2D eigenvalue weighted by atomic mass is 32.2. The zero-order valence-corrected chi connectivity index (χ0v) is 10.9. The minimum absolute atomic E-state index is 0.640. The molecule has 0 atom stereocenters. The van der Waals surface area contributed by atoms with Crippen molar-refractivity contribution in [1.29, 1.82) is 0 Å². The first-order chi connectivity index (χ1) is 7.91. The Kier molecular flexibility index (Phi) is 14.6. The molecule has 0 saturated carbocycles. The number of unbranched alkanes of at least 4 members (excludes halogenated alkanes) is 1. The molecular formula is C12H22O3S. The highest BCUT2D eigenvalue weighted by molar-refractivity contribution is 7.99. The normalized spacial score (nSPS) is 10.2. The first-order valence-electron chi connectivity index (χ1n) is 5.57. The maximum absolute atomic E-state index is 5.39. The molecule has 0 spiro atoms. The maximum atomic E-state index is 5.39. The number of rotatable bonds is 12. The topological polar surface area (TPSA) is 27.7 Å². The van der Waals surface area contributed by atoms with Crippen LogP contribution in [-0.4, -0.2) is 51.6 Å². The quantitative estimate of drug-likeness (QED) is 0.388. The Hall–Kier alpha value is -0.210. The van der Waals surface area contributed by atoms with Crippen LogP contribution in [0, 0.1) is 12.3 Å². The predicted molar refractivity (Wildman–Crippen MR) is 68.9 cm³/mol. The predicted octanol–water partition coefficient (Wildman–Crippen LogP) is 1.81. The molecule has 94 valence electrons. The molecule has 0 aromatic heterocycles. The lowest BCUT2D eigenvalue weighted by Crippen LogP contribution is -2.09. The van der Waals surface area contributed by atoms with Crippen molar-refractivity contribution < 1.29 is 14.2 Å². The summed E-state index contributed by atoms with van der Waals surface area (Å²) in [5.41, 5.74) is 0. The van der Waals surface area contributed by atoms with Gasteiger partial charge in [0, 0.05) is 19.3 Å². The van der Waals surface area contributed by atoms with Crippen LogP contribution in [0.25, 0.3) is 0 Å². The number of hydrogen-bond donors (Lipinski definition) is 0. The van der Waals surface area contributed by atoms with Crippen LogP contribution in [0.1, 0.15) is 12.8 Å². The monoisotopic (exact) mass is 246 g/mol. The van der Waals surface area contributed by atoms with Gasteiger partial charge in [0.25, 0.3) is 0 Å². The summed E-state index contributed by atoms with van der Waals surface area (Å²) in [7, 11) is 1.66. The lowest BCUT2D eigenvalue weighted by Gasteiger charge is -2.05. The van der Waals surface area contributed by atoms with E-state index in [9.17, 15) is 0 Å². The van der Waals surface area contributed by atoms with Gasteiger partial charge in [0.05, 0.1) is 33.0 Å². The molecule has 4 heteroatoms. The van der Waals surface area contributed by atoms with Crippen LogP contribution in [0.5, 0.6) is 0 Å². The van der Waals surface area contributed by atoms with Gasteiger partial charge in [-0.3, -0.25) is 0 Å². The molecule has 0 amide bonds. The van der Waals surface area contributed by atoms with Gasteiger partial charge in [-0.2, -0.15) is 11.8 Å². The summed E-state index contributed by atoms with van der Waals surface area (Å²) in [6.07, 6.45) is 7.13. The van der Waals surface area contributed by atoms with E-state index >= 15 is 0 Å². The van der Waals surface area contributed by atoms with Gasteiger partial charge in [0.2, 0.25) is 0 Å². The van der Waals surface area contributed by atoms with Crippen LogP contribution in [0.2, 0.25) is 0 Å². The summed E-state index contributed by atoms with van der Waals surface area (Å²) in [6, 6.07) is 0. The van der Waals surface area contributed by atoms with Crippen molar-refractivity contribution in [3.05, 3.63) is 0 Å². The van der Waals surface area contributed by atoms with Crippen molar-refractivity contribution in [2.75, 3.05) is 51.6 Å². The minimum Gasteiger partial charge on any atom is -0.382 e.